The Kier molecular flexibility index (Phi) is 5.03. The van der Waals surface area contributed by atoms with E-state index in [-0.39, 0.29) is 28.2 Å². The number of fused-ring (bicyclic) bond motifs is 3. The molecule has 160 valence electrons. The Hall–Kier alpha value is -3.99. The molecule has 5 N–H and O–H groups in total. The fourth-order valence-electron chi connectivity index (χ4n) is 3.13. The summed E-state index contributed by atoms with van der Waals surface area (Å²) >= 11 is 0. The van der Waals surface area contributed by atoms with Crippen LogP contribution in [0.3, 0.4) is 0 Å². The molecule has 0 atom stereocenters. The molecule has 0 fully saturated rings. The zero-order valence-corrected chi connectivity index (χ0v) is 17.1. The number of nitrogens with two attached hydrogens (primary N) is 1. The fraction of sp³-hybridized carbons (Fsp3) is 0.100. The van der Waals surface area contributed by atoms with E-state index in [0.717, 1.165) is 0 Å². The summed E-state index contributed by atoms with van der Waals surface area (Å²) in [4.78, 5) is 29.5. The molecule has 10 nitrogen and oxygen atoms in total. The van der Waals surface area contributed by atoms with E-state index in [0.29, 0.717) is 22.3 Å². The van der Waals surface area contributed by atoms with Crippen molar-refractivity contribution < 1.29 is 22.7 Å². The van der Waals surface area contributed by atoms with Crippen molar-refractivity contribution in [2.75, 3.05) is 17.1 Å². The summed E-state index contributed by atoms with van der Waals surface area (Å²) < 4.78 is 38.2. The number of hydrogen-bond acceptors (Lipinski definition) is 7. The van der Waals surface area contributed by atoms with Crippen molar-refractivity contribution >= 4 is 49.4 Å². The van der Waals surface area contributed by atoms with Crippen molar-refractivity contribution in [1.29, 1.82) is 0 Å². The molecular formula is C20H18N4O6S. The van der Waals surface area contributed by atoms with Crippen molar-refractivity contribution in [1.82, 2.24) is 9.97 Å². The molecule has 0 bridgehead atoms. The molecule has 4 rings (SSSR count). The van der Waals surface area contributed by atoms with Gasteiger partial charge in [-0.2, -0.15) is 0 Å². The highest BCUT2D eigenvalue weighted by atomic mass is 32.2. The minimum absolute atomic E-state index is 0.0468. The first-order valence-electron chi connectivity index (χ1n) is 9.18. The molecule has 0 unspecified atom stereocenters. The van der Waals surface area contributed by atoms with Crippen LogP contribution in [0.5, 0.6) is 5.75 Å². The molecule has 0 saturated carbocycles. The third-order valence-electron chi connectivity index (χ3n) is 4.51. The van der Waals surface area contributed by atoms with Gasteiger partial charge in [0.25, 0.3) is 15.6 Å². The van der Waals surface area contributed by atoms with Gasteiger partial charge in [-0.25, -0.2) is 13.2 Å². The third kappa shape index (κ3) is 3.90. The molecule has 11 heteroatoms. The second kappa shape index (κ2) is 7.69. The first-order chi connectivity index (χ1) is 14.8. The monoisotopic (exact) mass is 442 g/mol. The first-order valence-corrected chi connectivity index (χ1v) is 10.7. The number of nitrogen functional groups attached to an aromatic ring is 1. The summed E-state index contributed by atoms with van der Waals surface area (Å²) in [6.07, 6.45) is 0.398. The fourth-order valence-corrected chi connectivity index (χ4v) is 4.21. The van der Waals surface area contributed by atoms with Crippen LogP contribution < -0.4 is 20.8 Å². The van der Waals surface area contributed by atoms with Crippen LogP contribution in [0.1, 0.15) is 6.92 Å². The van der Waals surface area contributed by atoms with Crippen LogP contribution in [-0.4, -0.2) is 31.1 Å². The number of sulfonamides is 1. The van der Waals surface area contributed by atoms with Crippen LogP contribution >= 0.6 is 0 Å². The van der Waals surface area contributed by atoms with Gasteiger partial charge in [0.2, 0.25) is 0 Å². The minimum atomic E-state index is -3.95. The van der Waals surface area contributed by atoms with Gasteiger partial charge < -0.3 is 25.2 Å². The topological polar surface area (TPSA) is 156 Å². The summed E-state index contributed by atoms with van der Waals surface area (Å²) in [5, 5.41) is 0.631. The van der Waals surface area contributed by atoms with Gasteiger partial charge in [-0.15, -0.1) is 0 Å². The summed E-state index contributed by atoms with van der Waals surface area (Å²) in [5.41, 5.74) is 6.53. The van der Waals surface area contributed by atoms with Gasteiger partial charge >= 0.3 is 6.16 Å². The highest BCUT2D eigenvalue weighted by Gasteiger charge is 2.20. The van der Waals surface area contributed by atoms with Crippen molar-refractivity contribution in [3.8, 4) is 5.75 Å². The smallest absolute Gasteiger partial charge is 0.434 e. The summed E-state index contributed by atoms with van der Waals surface area (Å²) in [5.74, 6) is 0.0468. The van der Waals surface area contributed by atoms with Crippen molar-refractivity contribution in [3.05, 3.63) is 59.0 Å². The summed E-state index contributed by atoms with van der Waals surface area (Å²) in [6, 6.07) is 10.5. The number of benzene rings is 2. The van der Waals surface area contributed by atoms with Crippen molar-refractivity contribution in [2.24, 2.45) is 0 Å². The van der Waals surface area contributed by atoms with E-state index >= 15 is 0 Å². The van der Waals surface area contributed by atoms with E-state index in [1.807, 2.05) is 0 Å². The number of anilines is 2. The average Bonchev–Trinajstić information content (AvgIpc) is 3.14. The number of aromatic amines is 2. The summed E-state index contributed by atoms with van der Waals surface area (Å²) in [7, 11) is -3.95. The number of hydrogen-bond donors (Lipinski definition) is 4. The molecule has 31 heavy (non-hydrogen) atoms. The molecule has 0 amide bonds. The molecule has 4 aromatic rings. The molecule has 2 heterocycles. The average molecular weight is 442 g/mol. The van der Waals surface area contributed by atoms with Crippen molar-refractivity contribution in [2.45, 2.75) is 11.8 Å². The zero-order chi connectivity index (χ0) is 22.2. The number of carbonyl (C=O) groups is 1. The van der Waals surface area contributed by atoms with Gasteiger partial charge in [0.05, 0.1) is 16.9 Å². The largest absolute Gasteiger partial charge is 0.513 e. The normalized spacial score (nSPS) is 11.5. The van der Waals surface area contributed by atoms with Crippen molar-refractivity contribution in [3.63, 3.8) is 0 Å². The second-order valence-electron chi connectivity index (χ2n) is 6.58. The Bertz CT molecular complexity index is 1460. The number of H-pyrrole nitrogens is 2. The predicted octanol–water partition coefficient (Wildman–Crippen LogP) is 2.93. The molecule has 0 aliphatic heterocycles. The van der Waals surface area contributed by atoms with Crippen LogP contribution in [0, 0.1) is 0 Å². The molecule has 0 aliphatic carbocycles. The van der Waals surface area contributed by atoms with Crippen LogP contribution in [0.25, 0.3) is 21.8 Å². The Morgan fingerprint density at radius 3 is 2.61 bits per heavy atom. The quantitative estimate of drug-likeness (QED) is 0.273. The number of aromatic nitrogens is 2. The lowest BCUT2D eigenvalue weighted by molar-refractivity contribution is 0.105. The number of carbonyl (C=O) groups excluding carboxylic acids is 1. The van der Waals surface area contributed by atoms with E-state index < -0.39 is 21.7 Å². The lowest BCUT2D eigenvalue weighted by atomic mass is 10.1. The van der Waals surface area contributed by atoms with E-state index in [9.17, 15) is 18.0 Å². The number of nitrogens with one attached hydrogen (secondary N) is 3. The van der Waals surface area contributed by atoms with Gasteiger partial charge in [-0.1, -0.05) is 0 Å². The predicted molar refractivity (Wildman–Crippen MR) is 116 cm³/mol. The number of ether oxygens (including phenoxy) is 2. The Morgan fingerprint density at radius 2 is 1.90 bits per heavy atom. The van der Waals surface area contributed by atoms with Gasteiger partial charge in [0.15, 0.2) is 5.75 Å². The molecule has 0 radical (unpaired) electrons. The Balaban J connectivity index is 1.83. The van der Waals surface area contributed by atoms with E-state index in [1.54, 1.807) is 31.2 Å². The summed E-state index contributed by atoms with van der Waals surface area (Å²) in [6.45, 7) is 1.74. The maximum absolute atomic E-state index is 12.9. The zero-order valence-electron chi connectivity index (χ0n) is 16.3. The Labute approximate surface area is 176 Å². The molecule has 0 aliphatic rings. The van der Waals surface area contributed by atoms with Gasteiger partial charge in [-0.3, -0.25) is 9.52 Å². The SMILES string of the molecule is CCOC(=O)Oc1c[nH]c2c(=O)[nH]c3ccc(S(=O)(=O)Nc4ccc(N)cc4)cc3c12. The van der Waals surface area contributed by atoms with Gasteiger partial charge in [0, 0.05) is 28.5 Å². The maximum Gasteiger partial charge on any atom is 0.513 e. The van der Waals surface area contributed by atoms with Crippen LogP contribution in [-0.2, 0) is 14.8 Å². The van der Waals surface area contributed by atoms with Crippen LogP contribution in [0.2, 0.25) is 0 Å². The highest BCUT2D eigenvalue weighted by Crippen LogP contribution is 2.32. The molecule has 2 aromatic carbocycles. The van der Waals surface area contributed by atoms with Crippen LogP contribution in [0.15, 0.2) is 58.4 Å². The highest BCUT2D eigenvalue weighted by molar-refractivity contribution is 7.92. The van der Waals surface area contributed by atoms with E-state index in [4.69, 9.17) is 15.2 Å². The first kappa shape index (κ1) is 20.3. The number of pyridine rings is 1. The molecular weight excluding hydrogens is 424 g/mol. The van der Waals surface area contributed by atoms with E-state index in [2.05, 4.69) is 14.7 Å². The lowest BCUT2D eigenvalue weighted by Gasteiger charge is -2.10. The molecule has 0 spiro atoms. The second-order valence-corrected chi connectivity index (χ2v) is 8.26. The minimum Gasteiger partial charge on any atom is -0.434 e. The van der Waals surface area contributed by atoms with Crippen LogP contribution in [0.4, 0.5) is 16.2 Å². The van der Waals surface area contributed by atoms with E-state index in [1.165, 1.54) is 24.4 Å². The third-order valence-corrected chi connectivity index (χ3v) is 5.89. The Morgan fingerprint density at radius 1 is 1.16 bits per heavy atom. The van der Waals surface area contributed by atoms with Gasteiger partial charge in [0.1, 0.15) is 5.52 Å². The standard InChI is InChI=1S/C20H18N4O6S/c1-2-29-20(26)30-16-10-22-18-17(16)14-9-13(7-8-15(14)23-19(18)25)31(27,28)24-12-5-3-11(21)4-6-12/h3-10,22,24H,2,21H2,1H3,(H,23,25). The molecule has 2 aromatic heterocycles. The maximum atomic E-state index is 12.9. The lowest BCUT2D eigenvalue weighted by Crippen LogP contribution is -2.13. The molecule has 0 saturated heterocycles. The number of rotatable bonds is 5. The van der Waals surface area contributed by atoms with Gasteiger partial charge in [-0.05, 0) is 49.4 Å².